The summed E-state index contributed by atoms with van der Waals surface area (Å²) in [6, 6.07) is 9.45. The molecule has 8 nitrogen and oxygen atoms in total. The van der Waals surface area contributed by atoms with Crippen LogP contribution in [0.25, 0.3) is 11.3 Å². The SMILES string of the molecule is CC1CN(CCOc2ccccc2-c2nc(N)nc(N)c2C#N)CC(C)O1. The molecule has 2 unspecified atom stereocenters. The van der Waals surface area contributed by atoms with Gasteiger partial charge in [0.1, 0.15) is 29.8 Å². The van der Waals surface area contributed by atoms with Gasteiger partial charge in [-0.3, -0.25) is 4.90 Å². The van der Waals surface area contributed by atoms with Crippen LogP contribution in [0.5, 0.6) is 5.75 Å². The molecule has 2 heterocycles. The Morgan fingerprint density at radius 2 is 1.93 bits per heavy atom. The number of nitriles is 1. The number of rotatable bonds is 5. The average molecular weight is 368 g/mol. The van der Waals surface area contributed by atoms with Crippen molar-refractivity contribution >= 4 is 11.8 Å². The molecule has 3 rings (SSSR count). The van der Waals surface area contributed by atoms with E-state index in [0.29, 0.717) is 23.6 Å². The minimum absolute atomic E-state index is 0.0209. The Balaban J connectivity index is 1.77. The Kier molecular flexibility index (Phi) is 5.74. The molecule has 2 aromatic rings. The molecular weight excluding hydrogens is 344 g/mol. The van der Waals surface area contributed by atoms with Crippen LogP contribution in [0.2, 0.25) is 0 Å². The fourth-order valence-electron chi connectivity index (χ4n) is 3.34. The minimum atomic E-state index is 0.0209. The van der Waals surface area contributed by atoms with Gasteiger partial charge in [0.2, 0.25) is 5.95 Å². The maximum atomic E-state index is 9.43. The molecule has 0 aliphatic carbocycles. The van der Waals surface area contributed by atoms with Crippen molar-refractivity contribution in [2.75, 3.05) is 37.7 Å². The fourth-order valence-corrected chi connectivity index (χ4v) is 3.34. The number of anilines is 2. The van der Waals surface area contributed by atoms with Gasteiger partial charge in [-0.05, 0) is 26.0 Å². The Labute approximate surface area is 158 Å². The number of hydrogen-bond acceptors (Lipinski definition) is 8. The first kappa shape index (κ1) is 18.9. The molecule has 0 radical (unpaired) electrons. The molecule has 27 heavy (non-hydrogen) atoms. The molecule has 1 aromatic carbocycles. The number of benzene rings is 1. The summed E-state index contributed by atoms with van der Waals surface area (Å²) in [5.74, 6) is 0.708. The number of nitrogens with two attached hydrogens (primary N) is 2. The standard InChI is InChI=1S/C19H24N6O2/c1-12-10-25(11-13(2)27-12)7-8-26-16-6-4-3-5-14(16)17-15(9-20)18(21)24-19(22)23-17/h3-6,12-13H,7-8,10-11H2,1-2H3,(H4,21,22,23,24). The van der Waals surface area contributed by atoms with Crippen LogP contribution in [-0.4, -0.2) is 53.3 Å². The number of para-hydroxylation sites is 1. The van der Waals surface area contributed by atoms with E-state index in [1.807, 2.05) is 24.3 Å². The fraction of sp³-hybridized carbons (Fsp3) is 0.421. The first-order chi connectivity index (χ1) is 13.0. The van der Waals surface area contributed by atoms with Gasteiger partial charge in [-0.25, -0.2) is 4.98 Å². The van der Waals surface area contributed by atoms with Crippen LogP contribution in [-0.2, 0) is 4.74 Å². The number of hydrogen-bond donors (Lipinski definition) is 2. The van der Waals surface area contributed by atoms with Gasteiger partial charge < -0.3 is 20.9 Å². The van der Waals surface area contributed by atoms with E-state index in [4.69, 9.17) is 20.9 Å². The molecule has 142 valence electrons. The van der Waals surface area contributed by atoms with E-state index < -0.39 is 0 Å². The summed E-state index contributed by atoms with van der Waals surface area (Å²) < 4.78 is 11.8. The molecule has 1 fully saturated rings. The molecular formula is C19H24N6O2. The Morgan fingerprint density at radius 3 is 2.63 bits per heavy atom. The summed E-state index contributed by atoms with van der Waals surface area (Å²) in [4.78, 5) is 10.4. The molecule has 1 aromatic heterocycles. The van der Waals surface area contributed by atoms with Crippen molar-refractivity contribution in [1.82, 2.24) is 14.9 Å². The van der Waals surface area contributed by atoms with Gasteiger partial charge in [0.15, 0.2) is 0 Å². The molecule has 0 amide bonds. The van der Waals surface area contributed by atoms with Gasteiger partial charge in [0.05, 0.1) is 17.9 Å². The first-order valence-corrected chi connectivity index (χ1v) is 8.91. The predicted octanol–water partition coefficient (Wildman–Crippen LogP) is 1.67. The maximum absolute atomic E-state index is 9.43. The second kappa shape index (κ2) is 8.20. The second-order valence-corrected chi connectivity index (χ2v) is 6.66. The highest BCUT2D eigenvalue weighted by Gasteiger charge is 2.22. The van der Waals surface area contributed by atoms with E-state index in [1.54, 1.807) is 0 Å². The van der Waals surface area contributed by atoms with Crippen LogP contribution in [0.1, 0.15) is 19.4 Å². The third-order valence-electron chi connectivity index (χ3n) is 4.37. The van der Waals surface area contributed by atoms with Gasteiger partial charge in [-0.15, -0.1) is 0 Å². The van der Waals surface area contributed by atoms with Crippen LogP contribution >= 0.6 is 0 Å². The van der Waals surface area contributed by atoms with Crippen molar-refractivity contribution in [3.8, 4) is 23.1 Å². The normalized spacial score (nSPS) is 20.2. The summed E-state index contributed by atoms with van der Waals surface area (Å²) >= 11 is 0. The summed E-state index contributed by atoms with van der Waals surface area (Å²) in [5.41, 5.74) is 12.8. The molecule has 0 spiro atoms. The van der Waals surface area contributed by atoms with Gasteiger partial charge in [0, 0.05) is 25.2 Å². The number of nitrogens with zero attached hydrogens (tertiary/aromatic N) is 4. The Bertz CT molecular complexity index is 841. The molecule has 1 saturated heterocycles. The number of ether oxygens (including phenoxy) is 2. The average Bonchev–Trinajstić information content (AvgIpc) is 2.61. The van der Waals surface area contributed by atoms with Crippen molar-refractivity contribution in [2.24, 2.45) is 0 Å². The third-order valence-corrected chi connectivity index (χ3v) is 4.37. The maximum Gasteiger partial charge on any atom is 0.222 e. The number of nitrogen functional groups attached to an aromatic ring is 2. The van der Waals surface area contributed by atoms with E-state index >= 15 is 0 Å². The Hall–Kier alpha value is -2.89. The van der Waals surface area contributed by atoms with Crippen LogP contribution in [0.15, 0.2) is 24.3 Å². The topological polar surface area (TPSA) is 123 Å². The molecule has 4 N–H and O–H groups in total. The van der Waals surface area contributed by atoms with Crippen LogP contribution in [0.4, 0.5) is 11.8 Å². The zero-order valence-corrected chi connectivity index (χ0v) is 15.6. The van der Waals surface area contributed by atoms with Crippen molar-refractivity contribution in [3.63, 3.8) is 0 Å². The van der Waals surface area contributed by atoms with Crippen LogP contribution in [0.3, 0.4) is 0 Å². The lowest BCUT2D eigenvalue weighted by Gasteiger charge is -2.35. The van der Waals surface area contributed by atoms with Gasteiger partial charge in [-0.2, -0.15) is 10.2 Å². The summed E-state index contributed by atoms with van der Waals surface area (Å²) in [7, 11) is 0. The van der Waals surface area contributed by atoms with Crippen LogP contribution in [0, 0.1) is 11.3 Å². The van der Waals surface area contributed by atoms with E-state index in [2.05, 4.69) is 34.8 Å². The molecule has 0 saturated carbocycles. The smallest absolute Gasteiger partial charge is 0.222 e. The Morgan fingerprint density at radius 1 is 1.22 bits per heavy atom. The van der Waals surface area contributed by atoms with Crippen molar-refractivity contribution in [3.05, 3.63) is 29.8 Å². The zero-order valence-electron chi connectivity index (χ0n) is 15.6. The lowest BCUT2D eigenvalue weighted by atomic mass is 10.1. The van der Waals surface area contributed by atoms with Crippen molar-refractivity contribution in [2.45, 2.75) is 26.1 Å². The van der Waals surface area contributed by atoms with E-state index in [1.165, 1.54) is 0 Å². The summed E-state index contributed by atoms with van der Waals surface area (Å²) in [5, 5.41) is 9.43. The van der Waals surface area contributed by atoms with E-state index in [-0.39, 0.29) is 29.5 Å². The number of aromatic nitrogens is 2. The summed E-state index contributed by atoms with van der Waals surface area (Å²) in [6.07, 6.45) is 0.428. The second-order valence-electron chi connectivity index (χ2n) is 6.66. The summed E-state index contributed by atoms with van der Waals surface area (Å²) in [6.45, 7) is 7.21. The minimum Gasteiger partial charge on any atom is -0.492 e. The lowest BCUT2D eigenvalue weighted by Crippen LogP contribution is -2.46. The third kappa shape index (κ3) is 4.45. The molecule has 1 aliphatic heterocycles. The lowest BCUT2D eigenvalue weighted by molar-refractivity contribution is -0.0699. The highest BCUT2D eigenvalue weighted by molar-refractivity contribution is 5.77. The molecule has 2 atom stereocenters. The highest BCUT2D eigenvalue weighted by Crippen LogP contribution is 2.32. The largest absolute Gasteiger partial charge is 0.492 e. The first-order valence-electron chi connectivity index (χ1n) is 8.91. The van der Waals surface area contributed by atoms with E-state index in [0.717, 1.165) is 19.6 Å². The van der Waals surface area contributed by atoms with Gasteiger partial charge in [-0.1, -0.05) is 12.1 Å². The monoisotopic (exact) mass is 368 g/mol. The van der Waals surface area contributed by atoms with Crippen LogP contribution < -0.4 is 16.2 Å². The predicted molar refractivity (Wildman–Crippen MR) is 103 cm³/mol. The van der Waals surface area contributed by atoms with E-state index in [9.17, 15) is 5.26 Å². The highest BCUT2D eigenvalue weighted by atomic mass is 16.5. The molecule has 8 heteroatoms. The molecule has 1 aliphatic rings. The zero-order chi connectivity index (χ0) is 19.4. The van der Waals surface area contributed by atoms with Crippen molar-refractivity contribution < 1.29 is 9.47 Å². The quantitative estimate of drug-likeness (QED) is 0.817. The van der Waals surface area contributed by atoms with Gasteiger partial charge >= 0.3 is 0 Å². The van der Waals surface area contributed by atoms with Gasteiger partial charge in [0.25, 0.3) is 0 Å². The molecule has 0 bridgehead atoms. The van der Waals surface area contributed by atoms with Crippen molar-refractivity contribution in [1.29, 1.82) is 5.26 Å². The number of morpholine rings is 1.